The average Bonchev–Trinajstić information content (AvgIpc) is 3.29. The van der Waals surface area contributed by atoms with Crippen LogP contribution in [-0.4, -0.2) is 25.7 Å². The van der Waals surface area contributed by atoms with Crippen LogP contribution in [0, 0.1) is 46.3 Å². The van der Waals surface area contributed by atoms with Gasteiger partial charge in [0.1, 0.15) is 0 Å². The van der Waals surface area contributed by atoms with E-state index in [4.69, 9.17) is 4.74 Å². The van der Waals surface area contributed by atoms with Crippen molar-refractivity contribution in [2.45, 2.75) is 103 Å². The number of carbonyl (C=O) groups is 2. The number of benzene rings is 1. The van der Waals surface area contributed by atoms with Crippen LogP contribution >= 0.6 is 11.9 Å². The van der Waals surface area contributed by atoms with Gasteiger partial charge in [-0.1, -0.05) is 40.0 Å². The molecule has 1 aromatic carbocycles. The fraction of sp³-hybridized carbons (Fsp3) is 0.758. The predicted octanol–water partition coefficient (Wildman–Crippen LogP) is 8.24. The first kappa shape index (κ1) is 28.8. The molecule has 4 saturated carbocycles. The lowest BCUT2D eigenvalue weighted by atomic mass is 9.42. The Labute approximate surface area is 240 Å². The summed E-state index contributed by atoms with van der Waals surface area (Å²) in [6, 6.07) is 6.89. The minimum Gasteiger partial charge on any atom is -0.465 e. The smallest absolute Gasteiger partial charge is 0.337 e. The second-order valence-corrected chi connectivity index (χ2v) is 14.5. The van der Waals surface area contributed by atoms with Crippen molar-refractivity contribution >= 4 is 23.9 Å². The van der Waals surface area contributed by atoms with E-state index < -0.39 is 0 Å². The summed E-state index contributed by atoms with van der Waals surface area (Å²) in [5.41, 5.74) is 1.59. The predicted molar refractivity (Wildman–Crippen MR) is 158 cm³/mol. The quantitative estimate of drug-likeness (QED) is 0.193. The highest BCUT2D eigenvalue weighted by atomic mass is 32.2. The molecule has 0 aliphatic heterocycles. The van der Waals surface area contributed by atoms with Gasteiger partial charge in [-0.2, -0.15) is 0 Å². The second kappa shape index (κ2) is 12.0. The number of urea groups is 1. The number of fused-ring (bicyclic) bond motifs is 5. The number of methoxy groups -OCH3 is 1. The molecule has 39 heavy (non-hydrogen) atoms. The van der Waals surface area contributed by atoms with Gasteiger partial charge in [0, 0.05) is 11.4 Å². The molecule has 4 aliphatic carbocycles. The van der Waals surface area contributed by atoms with Gasteiger partial charge in [-0.3, -0.25) is 4.72 Å². The Morgan fingerprint density at radius 1 is 0.974 bits per heavy atom. The molecule has 0 heterocycles. The summed E-state index contributed by atoms with van der Waals surface area (Å²) in [5, 5.41) is 3.05. The number of esters is 1. The van der Waals surface area contributed by atoms with Gasteiger partial charge in [0.15, 0.2) is 0 Å². The highest BCUT2D eigenvalue weighted by Gasteiger charge is 2.60. The maximum Gasteiger partial charge on any atom is 0.337 e. The molecule has 8 atom stereocenters. The molecule has 0 saturated heterocycles. The molecular weight excluding hydrogens is 504 g/mol. The van der Waals surface area contributed by atoms with Crippen LogP contribution in [0.5, 0.6) is 0 Å². The minimum atomic E-state index is -0.358. The summed E-state index contributed by atoms with van der Waals surface area (Å²) in [7, 11) is 1.37. The molecule has 5 rings (SSSR count). The first-order chi connectivity index (χ1) is 18.8. The largest absolute Gasteiger partial charge is 0.465 e. The number of amides is 2. The van der Waals surface area contributed by atoms with Crippen LogP contribution in [0.25, 0.3) is 0 Å². The second-order valence-electron chi connectivity index (χ2n) is 13.6. The van der Waals surface area contributed by atoms with E-state index in [0.717, 1.165) is 46.8 Å². The highest BCUT2D eigenvalue weighted by molar-refractivity contribution is 7.98. The zero-order valence-corrected chi connectivity index (χ0v) is 25.4. The fourth-order valence-electron chi connectivity index (χ4n) is 10.1. The molecule has 216 valence electrons. The minimum absolute atomic E-state index is 0.156. The molecule has 2 N–H and O–H groups in total. The summed E-state index contributed by atoms with van der Waals surface area (Å²) in [6.07, 6.45) is 16.7. The molecule has 4 fully saturated rings. The summed E-state index contributed by atoms with van der Waals surface area (Å²) in [4.78, 5) is 24.8. The van der Waals surface area contributed by atoms with Gasteiger partial charge in [0.05, 0.1) is 12.7 Å². The van der Waals surface area contributed by atoms with E-state index in [1.807, 2.05) is 12.1 Å². The third kappa shape index (κ3) is 5.61. The molecular formula is C33H50N2O3S. The molecule has 0 aromatic heterocycles. The third-order valence-corrected chi connectivity index (χ3v) is 12.8. The standard InChI is InChI=1S/C33H50N2O3S/c1-5-22-21-26-28-16-13-24(32(28,2)19-17-29(26)33(3)18-7-6-10-27(22)33)9-8-20-34-31(37)35-39-25-14-11-23(12-15-25)30(36)38-4/h11-12,14-15,22,24,26-29H,5-10,13,16-21H2,1-4H3,(H2,34,35,37)/t22-,24-,26?,27?,28?,29-,32?,33?/m0/s1. The topological polar surface area (TPSA) is 67.4 Å². The first-order valence-corrected chi connectivity index (χ1v) is 16.5. The van der Waals surface area contributed by atoms with Gasteiger partial charge in [-0.05, 0) is 140 Å². The number of carbonyl (C=O) groups excluding carboxylic acids is 2. The van der Waals surface area contributed by atoms with E-state index in [2.05, 4.69) is 30.8 Å². The number of hydrogen-bond acceptors (Lipinski definition) is 4. The lowest BCUT2D eigenvalue weighted by Crippen LogP contribution is -2.55. The van der Waals surface area contributed by atoms with Gasteiger partial charge >= 0.3 is 12.0 Å². The third-order valence-electron chi connectivity index (χ3n) is 12.0. The number of rotatable bonds is 8. The highest BCUT2D eigenvalue weighted by Crippen LogP contribution is 2.69. The van der Waals surface area contributed by atoms with Gasteiger partial charge in [0.25, 0.3) is 0 Å². The lowest BCUT2D eigenvalue weighted by molar-refractivity contribution is -0.135. The Kier molecular flexibility index (Phi) is 8.90. The summed E-state index contributed by atoms with van der Waals surface area (Å²) < 4.78 is 7.59. The van der Waals surface area contributed by atoms with E-state index in [0.29, 0.717) is 22.9 Å². The molecule has 0 bridgehead atoms. The Hall–Kier alpha value is -1.69. The Balaban J connectivity index is 1.09. The van der Waals surface area contributed by atoms with E-state index in [9.17, 15) is 9.59 Å². The van der Waals surface area contributed by atoms with E-state index in [-0.39, 0.29) is 12.0 Å². The van der Waals surface area contributed by atoms with Gasteiger partial charge in [0.2, 0.25) is 0 Å². The van der Waals surface area contributed by atoms with Crippen molar-refractivity contribution in [1.82, 2.24) is 10.0 Å². The van der Waals surface area contributed by atoms with E-state index >= 15 is 0 Å². The number of hydrogen-bond donors (Lipinski definition) is 2. The van der Waals surface area contributed by atoms with Crippen LogP contribution in [0.2, 0.25) is 0 Å². The normalized spacial score (nSPS) is 37.2. The summed E-state index contributed by atoms with van der Waals surface area (Å²) in [5.74, 6) is 5.19. The van der Waals surface area contributed by atoms with Crippen LogP contribution in [0.1, 0.15) is 108 Å². The molecule has 0 radical (unpaired) electrons. The van der Waals surface area contributed by atoms with Crippen molar-refractivity contribution in [1.29, 1.82) is 0 Å². The molecule has 6 heteroatoms. The zero-order valence-electron chi connectivity index (χ0n) is 24.6. The maximum absolute atomic E-state index is 12.4. The average molecular weight is 555 g/mol. The number of ether oxygens (including phenoxy) is 1. The zero-order chi connectivity index (χ0) is 27.6. The van der Waals surface area contributed by atoms with Crippen molar-refractivity contribution in [2.24, 2.45) is 46.3 Å². The van der Waals surface area contributed by atoms with Gasteiger partial charge in [-0.25, -0.2) is 9.59 Å². The molecule has 1 aromatic rings. The maximum atomic E-state index is 12.4. The van der Waals surface area contributed by atoms with E-state index in [1.54, 1.807) is 12.1 Å². The Morgan fingerprint density at radius 2 is 1.74 bits per heavy atom. The van der Waals surface area contributed by atoms with Crippen molar-refractivity contribution in [3.05, 3.63) is 29.8 Å². The van der Waals surface area contributed by atoms with Crippen molar-refractivity contribution in [2.75, 3.05) is 13.7 Å². The molecule has 4 aliphatic rings. The molecule has 2 amide bonds. The summed E-state index contributed by atoms with van der Waals surface area (Å²) >= 11 is 1.26. The number of nitrogens with one attached hydrogen (secondary N) is 2. The van der Waals surface area contributed by atoms with Crippen LogP contribution in [0.3, 0.4) is 0 Å². The van der Waals surface area contributed by atoms with Crippen molar-refractivity contribution < 1.29 is 14.3 Å². The molecule has 0 spiro atoms. The fourth-order valence-corrected chi connectivity index (χ4v) is 10.6. The Bertz CT molecular complexity index is 1010. The van der Waals surface area contributed by atoms with E-state index in [1.165, 1.54) is 89.7 Å². The van der Waals surface area contributed by atoms with Crippen LogP contribution in [-0.2, 0) is 4.74 Å². The van der Waals surface area contributed by atoms with Crippen molar-refractivity contribution in [3.8, 4) is 0 Å². The monoisotopic (exact) mass is 554 g/mol. The van der Waals surface area contributed by atoms with Crippen LogP contribution in [0.15, 0.2) is 29.2 Å². The van der Waals surface area contributed by atoms with Crippen LogP contribution in [0.4, 0.5) is 4.79 Å². The Morgan fingerprint density at radius 3 is 2.49 bits per heavy atom. The molecule has 5 nitrogen and oxygen atoms in total. The van der Waals surface area contributed by atoms with Crippen molar-refractivity contribution in [3.63, 3.8) is 0 Å². The van der Waals surface area contributed by atoms with Crippen LogP contribution < -0.4 is 10.0 Å². The van der Waals surface area contributed by atoms with Gasteiger partial charge in [-0.15, -0.1) is 0 Å². The first-order valence-electron chi connectivity index (χ1n) is 15.7. The lowest BCUT2D eigenvalue weighted by Gasteiger charge is -2.62. The molecule has 5 unspecified atom stereocenters. The SMILES string of the molecule is CC[C@H]1CC2C3CC[C@H](CCCNC(=O)NSc4ccc(C(=O)OC)cc4)C3(C)CC[C@@H]2C2(C)CCCCC12. The van der Waals surface area contributed by atoms with Gasteiger partial charge < -0.3 is 10.1 Å². The summed E-state index contributed by atoms with van der Waals surface area (Å²) in [6.45, 7) is 8.53.